The summed E-state index contributed by atoms with van der Waals surface area (Å²) in [5.74, 6) is -2.10. The molecular weight excluding hydrogens is 370 g/mol. The van der Waals surface area contributed by atoms with E-state index in [-0.39, 0.29) is 37.3 Å². The van der Waals surface area contributed by atoms with Crippen LogP contribution in [0, 0.1) is 11.6 Å². The Morgan fingerprint density at radius 3 is 2.32 bits per heavy atom. The smallest absolute Gasteiger partial charge is 0.246 e. The van der Waals surface area contributed by atoms with E-state index in [4.69, 9.17) is 4.74 Å². The van der Waals surface area contributed by atoms with Crippen molar-refractivity contribution >= 4 is 11.8 Å². The Bertz CT molecular complexity index is 622. The topological polar surface area (TPSA) is 87.7 Å². The molecule has 0 radical (unpaired) electrons. The third-order valence-corrected chi connectivity index (χ3v) is 4.20. The van der Waals surface area contributed by atoms with Crippen LogP contribution in [0.1, 0.15) is 45.6 Å². The predicted octanol–water partition coefficient (Wildman–Crippen LogP) is 2.08. The van der Waals surface area contributed by atoms with Crippen molar-refractivity contribution in [2.24, 2.45) is 0 Å². The Hall–Kier alpha value is -2.06. The molecule has 0 saturated heterocycles. The number of carbonyl (C=O) groups is 2. The van der Waals surface area contributed by atoms with Gasteiger partial charge in [-0.15, -0.1) is 0 Å². The van der Waals surface area contributed by atoms with E-state index in [0.29, 0.717) is 18.6 Å². The molecule has 0 aliphatic rings. The first kappa shape index (κ1) is 24.0. The average molecular weight is 400 g/mol. The van der Waals surface area contributed by atoms with Crippen molar-refractivity contribution in [2.45, 2.75) is 64.6 Å². The van der Waals surface area contributed by atoms with Gasteiger partial charge in [-0.25, -0.2) is 8.78 Å². The Morgan fingerprint density at radius 2 is 1.79 bits per heavy atom. The Morgan fingerprint density at radius 1 is 1.14 bits per heavy atom. The normalized spacial score (nSPS) is 14.2. The van der Waals surface area contributed by atoms with Crippen molar-refractivity contribution in [1.82, 2.24) is 10.6 Å². The Balaban J connectivity index is 2.74. The second kappa shape index (κ2) is 12.4. The van der Waals surface area contributed by atoms with Crippen LogP contribution in [0.3, 0.4) is 0 Å². The third kappa shape index (κ3) is 9.23. The van der Waals surface area contributed by atoms with Gasteiger partial charge in [0, 0.05) is 25.6 Å². The maximum absolute atomic E-state index is 13.4. The first-order valence-corrected chi connectivity index (χ1v) is 9.52. The number of aliphatic hydroxyl groups excluding tert-OH is 1. The summed E-state index contributed by atoms with van der Waals surface area (Å²) in [6.45, 7) is 5.53. The monoisotopic (exact) mass is 400 g/mol. The zero-order valence-electron chi connectivity index (χ0n) is 16.6. The lowest BCUT2D eigenvalue weighted by atomic mass is 9.95. The number of hydrogen-bond acceptors (Lipinski definition) is 4. The fourth-order valence-electron chi connectivity index (χ4n) is 2.89. The summed E-state index contributed by atoms with van der Waals surface area (Å²) in [7, 11) is 0. The first-order valence-electron chi connectivity index (χ1n) is 9.52. The summed E-state index contributed by atoms with van der Waals surface area (Å²) in [6, 6.07) is 2.01. The van der Waals surface area contributed by atoms with Crippen molar-refractivity contribution in [2.75, 3.05) is 13.2 Å². The van der Waals surface area contributed by atoms with Crippen molar-refractivity contribution in [3.05, 3.63) is 35.4 Å². The highest BCUT2D eigenvalue weighted by molar-refractivity contribution is 5.77. The molecule has 1 unspecified atom stereocenters. The van der Waals surface area contributed by atoms with Gasteiger partial charge in [0.2, 0.25) is 11.8 Å². The molecular formula is C20H30F2N2O4. The van der Waals surface area contributed by atoms with Crippen LogP contribution in [0.25, 0.3) is 0 Å². The molecule has 0 fully saturated rings. The lowest BCUT2D eigenvalue weighted by Gasteiger charge is -2.27. The van der Waals surface area contributed by atoms with Crippen LogP contribution in [0.15, 0.2) is 18.2 Å². The molecule has 28 heavy (non-hydrogen) atoms. The van der Waals surface area contributed by atoms with Gasteiger partial charge in [0.1, 0.15) is 18.2 Å². The highest BCUT2D eigenvalue weighted by Crippen LogP contribution is 2.15. The van der Waals surface area contributed by atoms with E-state index in [9.17, 15) is 23.5 Å². The van der Waals surface area contributed by atoms with Gasteiger partial charge in [0.25, 0.3) is 0 Å². The molecule has 1 rings (SSSR count). The number of rotatable bonds is 12. The molecule has 2 amide bonds. The van der Waals surface area contributed by atoms with E-state index >= 15 is 0 Å². The third-order valence-electron chi connectivity index (χ3n) is 4.20. The molecule has 1 aromatic rings. The molecule has 8 heteroatoms. The van der Waals surface area contributed by atoms with Gasteiger partial charge in [-0.05, 0) is 43.4 Å². The predicted molar refractivity (Wildman–Crippen MR) is 102 cm³/mol. The van der Waals surface area contributed by atoms with Crippen LogP contribution in [-0.2, 0) is 20.7 Å². The molecule has 3 atom stereocenters. The van der Waals surface area contributed by atoms with Gasteiger partial charge in [-0.1, -0.05) is 13.8 Å². The van der Waals surface area contributed by atoms with Gasteiger partial charge in [-0.3, -0.25) is 9.59 Å². The van der Waals surface area contributed by atoms with Crippen LogP contribution < -0.4 is 10.6 Å². The van der Waals surface area contributed by atoms with Crippen LogP contribution in [0.5, 0.6) is 0 Å². The molecule has 0 bridgehead atoms. The van der Waals surface area contributed by atoms with Crippen LogP contribution in [0.2, 0.25) is 0 Å². The van der Waals surface area contributed by atoms with Crippen LogP contribution in [-0.4, -0.2) is 48.3 Å². The maximum Gasteiger partial charge on any atom is 0.246 e. The molecule has 0 saturated carbocycles. The van der Waals surface area contributed by atoms with Gasteiger partial charge in [0.05, 0.1) is 12.1 Å². The number of aliphatic hydroxyl groups is 1. The van der Waals surface area contributed by atoms with Crippen molar-refractivity contribution < 1.29 is 28.2 Å². The maximum atomic E-state index is 13.4. The molecule has 0 aliphatic carbocycles. The minimum absolute atomic E-state index is 0.0550. The summed E-state index contributed by atoms with van der Waals surface area (Å²) in [4.78, 5) is 23.4. The SMILES string of the molecule is CCCOCC(=O)NC(CC)C[C@H](O)[C@H](Cc1cc(F)cc(F)c1)NC(C)=O. The summed E-state index contributed by atoms with van der Waals surface area (Å²) < 4.78 is 32.1. The zero-order valence-corrected chi connectivity index (χ0v) is 16.6. The van der Waals surface area contributed by atoms with Crippen molar-refractivity contribution in [3.8, 4) is 0 Å². The Labute approximate surface area is 164 Å². The molecule has 1 aromatic carbocycles. The lowest BCUT2D eigenvalue weighted by molar-refractivity contribution is -0.127. The summed E-state index contributed by atoms with van der Waals surface area (Å²) in [5.41, 5.74) is 0.320. The number of halogens is 2. The minimum atomic E-state index is -1.02. The number of benzene rings is 1. The quantitative estimate of drug-likeness (QED) is 0.469. The molecule has 0 spiro atoms. The van der Waals surface area contributed by atoms with Crippen molar-refractivity contribution in [1.29, 1.82) is 0 Å². The van der Waals surface area contributed by atoms with Gasteiger partial charge in [0.15, 0.2) is 0 Å². The van der Waals surface area contributed by atoms with Crippen molar-refractivity contribution in [3.63, 3.8) is 0 Å². The van der Waals surface area contributed by atoms with Crippen LogP contribution in [0.4, 0.5) is 8.78 Å². The standard InChI is InChI=1S/C20H30F2N2O4/c1-4-6-28-12-20(27)24-17(5-2)11-19(26)18(23-13(3)25)9-14-7-15(21)10-16(22)8-14/h7-8,10,17-19,26H,4-6,9,11-12H2,1-3H3,(H,23,25)(H,24,27)/t17?,18-,19-/m0/s1. The van der Waals surface area contributed by atoms with Gasteiger partial charge in [-0.2, -0.15) is 0 Å². The Kier molecular flexibility index (Phi) is 10.6. The molecule has 3 N–H and O–H groups in total. The van der Waals surface area contributed by atoms with E-state index in [1.807, 2.05) is 13.8 Å². The molecule has 6 nitrogen and oxygen atoms in total. The van der Waals surface area contributed by atoms with E-state index in [1.54, 1.807) is 0 Å². The number of nitrogens with one attached hydrogen (secondary N) is 2. The van der Waals surface area contributed by atoms with E-state index in [0.717, 1.165) is 24.6 Å². The second-order valence-electron chi connectivity index (χ2n) is 6.82. The van der Waals surface area contributed by atoms with Crippen LogP contribution >= 0.6 is 0 Å². The first-order chi connectivity index (χ1) is 13.2. The van der Waals surface area contributed by atoms with E-state index in [1.165, 1.54) is 6.92 Å². The summed E-state index contributed by atoms with van der Waals surface area (Å²) in [5, 5.41) is 16.0. The molecule has 0 heterocycles. The van der Waals surface area contributed by atoms with Gasteiger partial charge >= 0.3 is 0 Å². The second-order valence-corrected chi connectivity index (χ2v) is 6.82. The zero-order chi connectivity index (χ0) is 21.1. The highest BCUT2D eigenvalue weighted by atomic mass is 19.1. The average Bonchev–Trinajstić information content (AvgIpc) is 2.59. The number of ether oxygens (including phenoxy) is 1. The largest absolute Gasteiger partial charge is 0.391 e. The van der Waals surface area contributed by atoms with E-state index < -0.39 is 23.8 Å². The summed E-state index contributed by atoms with van der Waals surface area (Å²) >= 11 is 0. The molecule has 158 valence electrons. The molecule has 0 aliphatic heterocycles. The number of hydrogen-bond donors (Lipinski definition) is 3. The van der Waals surface area contributed by atoms with Gasteiger partial charge < -0.3 is 20.5 Å². The highest BCUT2D eigenvalue weighted by Gasteiger charge is 2.25. The summed E-state index contributed by atoms with van der Waals surface area (Å²) in [6.07, 6.45) is 0.593. The number of carbonyl (C=O) groups excluding carboxylic acids is 2. The fraction of sp³-hybridized carbons (Fsp3) is 0.600. The fourth-order valence-corrected chi connectivity index (χ4v) is 2.89. The number of amides is 2. The van der Waals surface area contributed by atoms with E-state index in [2.05, 4.69) is 10.6 Å². The minimum Gasteiger partial charge on any atom is -0.391 e. The molecule has 0 aromatic heterocycles. The lowest BCUT2D eigenvalue weighted by Crippen LogP contribution is -2.48.